The summed E-state index contributed by atoms with van der Waals surface area (Å²) in [5.74, 6) is -0.593. The minimum Gasteiger partial charge on any atom is -0.390 e. The zero-order chi connectivity index (χ0) is 23.4. The zero-order valence-corrected chi connectivity index (χ0v) is 20.3. The molecule has 4 heteroatoms. The molecule has 0 aliphatic carbocycles. The van der Waals surface area contributed by atoms with Crippen LogP contribution in [0.2, 0.25) is 0 Å². The molecule has 3 atom stereocenters. The van der Waals surface area contributed by atoms with Crippen molar-refractivity contribution in [1.29, 1.82) is 0 Å². The van der Waals surface area contributed by atoms with Gasteiger partial charge in [-0.1, -0.05) is 115 Å². The molecule has 0 aromatic heterocycles. The maximum absolute atomic E-state index is 12.3. The van der Waals surface area contributed by atoms with Crippen molar-refractivity contribution in [3.63, 3.8) is 0 Å². The predicted molar refractivity (Wildman–Crippen MR) is 131 cm³/mol. The van der Waals surface area contributed by atoms with Crippen molar-refractivity contribution in [3.05, 3.63) is 36.5 Å². The second-order valence-corrected chi connectivity index (χ2v) is 8.56. The van der Waals surface area contributed by atoms with E-state index in [0.29, 0.717) is 0 Å². The highest BCUT2D eigenvalue weighted by atomic mass is 16.4. The molecule has 0 bridgehead atoms. The highest BCUT2D eigenvalue weighted by Crippen LogP contribution is 2.21. The Hall–Kier alpha value is -1.23. The molecule has 0 fully saturated rings. The van der Waals surface area contributed by atoms with Crippen LogP contribution in [-0.2, 0) is 4.79 Å². The lowest BCUT2D eigenvalue weighted by molar-refractivity contribution is -0.158. The molecule has 3 unspecified atom stereocenters. The molecule has 0 aliphatic rings. The molecular weight excluding hydrogens is 388 g/mol. The number of ketones is 1. The Morgan fingerprint density at radius 3 is 1.81 bits per heavy atom. The molecule has 0 aromatic rings. The molecule has 3 N–H and O–H groups in total. The van der Waals surface area contributed by atoms with Gasteiger partial charge in [0.2, 0.25) is 0 Å². The van der Waals surface area contributed by atoms with E-state index in [1.54, 1.807) is 26.0 Å². The predicted octanol–water partition coefficient (Wildman–Crippen LogP) is 6.20. The third-order valence-electron chi connectivity index (χ3n) is 5.93. The van der Waals surface area contributed by atoms with Crippen molar-refractivity contribution in [1.82, 2.24) is 0 Å². The van der Waals surface area contributed by atoms with Crippen molar-refractivity contribution in [2.24, 2.45) is 0 Å². The van der Waals surface area contributed by atoms with Crippen LogP contribution >= 0.6 is 0 Å². The number of allylic oxidation sites excluding steroid dienone is 5. The van der Waals surface area contributed by atoms with Gasteiger partial charge in [0.1, 0.15) is 6.10 Å². The second kappa shape index (κ2) is 19.5. The third kappa shape index (κ3) is 13.7. The standard InChI is InChI=1S/C27H48O4/c1-4-7-8-9-10-11-12-13-14-15-16-17-18-19-20-21-22-23-25(29)27(31,6-3)26(30)24(28)5-2/h18-24,26,28,30-31H,4-17H2,1-3H3. The highest BCUT2D eigenvalue weighted by molar-refractivity contribution is 5.97. The van der Waals surface area contributed by atoms with Gasteiger partial charge in [-0.15, -0.1) is 0 Å². The first-order valence-corrected chi connectivity index (χ1v) is 12.6. The molecule has 0 rings (SSSR count). The third-order valence-corrected chi connectivity index (χ3v) is 5.93. The van der Waals surface area contributed by atoms with E-state index in [4.69, 9.17) is 0 Å². The summed E-state index contributed by atoms with van der Waals surface area (Å²) < 4.78 is 0. The summed E-state index contributed by atoms with van der Waals surface area (Å²) in [7, 11) is 0. The largest absolute Gasteiger partial charge is 0.390 e. The Balaban J connectivity index is 3.93. The fourth-order valence-electron chi connectivity index (χ4n) is 3.59. The van der Waals surface area contributed by atoms with Crippen LogP contribution in [0.4, 0.5) is 0 Å². The Labute approximate surface area is 191 Å². The summed E-state index contributed by atoms with van der Waals surface area (Å²) >= 11 is 0. The summed E-state index contributed by atoms with van der Waals surface area (Å²) in [4.78, 5) is 12.3. The van der Waals surface area contributed by atoms with Crippen LogP contribution in [0, 0.1) is 0 Å². The quantitative estimate of drug-likeness (QED) is 0.121. The van der Waals surface area contributed by atoms with Gasteiger partial charge in [-0.25, -0.2) is 0 Å². The van der Waals surface area contributed by atoms with E-state index in [1.165, 1.54) is 76.7 Å². The molecule has 0 radical (unpaired) electrons. The van der Waals surface area contributed by atoms with Crippen LogP contribution in [0.3, 0.4) is 0 Å². The second-order valence-electron chi connectivity index (χ2n) is 8.56. The van der Waals surface area contributed by atoms with E-state index in [-0.39, 0.29) is 12.8 Å². The highest BCUT2D eigenvalue weighted by Gasteiger charge is 2.43. The van der Waals surface area contributed by atoms with Crippen LogP contribution in [0.25, 0.3) is 0 Å². The minimum absolute atomic E-state index is 0.0387. The van der Waals surface area contributed by atoms with Crippen molar-refractivity contribution in [2.75, 3.05) is 0 Å². The number of carbonyl (C=O) groups excluding carboxylic acids is 1. The summed E-state index contributed by atoms with van der Waals surface area (Å²) in [5, 5.41) is 30.3. The Bertz CT molecular complexity index is 523. The molecule has 31 heavy (non-hydrogen) atoms. The number of aliphatic hydroxyl groups excluding tert-OH is 2. The monoisotopic (exact) mass is 436 g/mol. The van der Waals surface area contributed by atoms with Crippen molar-refractivity contribution in [2.45, 2.75) is 128 Å². The van der Waals surface area contributed by atoms with E-state index in [2.05, 4.69) is 13.0 Å². The molecular formula is C27H48O4. The molecule has 0 amide bonds. The smallest absolute Gasteiger partial charge is 0.189 e. The fourth-order valence-corrected chi connectivity index (χ4v) is 3.59. The number of unbranched alkanes of at least 4 members (excludes halogenated alkanes) is 11. The topological polar surface area (TPSA) is 77.8 Å². The fraction of sp³-hybridized carbons (Fsp3) is 0.741. The van der Waals surface area contributed by atoms with E-state index < -0.39 is 23.6 Å². The number of carbonyl (C=O) groups is 1. The van der Waals surface area contributed by atoms with Gasteiger partial charge in [-0.2, -0.15) is 0 Å². The summed E-state index contributed by atoms with van der Waals surface area (Å²) in [5.41, 5.74) is -1.95. The first kappa shape index (κ1) is 29.8. The SMILES string of the molecule is CCCCCCCCCCCCCC=CC=CC=CC(=O)C(O)(CC)C(O)C(O)CC. The number of rotatable bonds is 20. The van der Waals surface area contributed by atoms with Crippen molar-refractivity contribution in [3.8, 4) is 0 Å². The lowest BCUT2D eigenvalue weighted by Gasteiger charge is -2.32. The van der Waals surface area contributed by atoms with Crippen LogP contribution in [-0.4, -0.2) is 38.9 Å². The average molecular weight is 437 g/mol. The van der Waals surface area contributed by atoms with E-state index in [9.17, 15) is 20.1 Å². The Morgan fingerprint density at radius 1 is 0.774 bits per heavy atom. The van der Waals surface area contributed by atoms with Gasteiger partial charge in [0.25, 0.3) is 0 Å². The molecule has 0 saturated carbocycles. The summed E-state index contributed by atoms with van der Waals surface area (Å²) in [6.07, 6.45) is 24.0. The van der Waals surface area contributed by atoms with Crippen molar-refractivity contribution >= 4 is 5.78 Å². The van der Waals surface area contributed by atoms with Crippen LogP contribution in [0.1, 0.15) is 111 Å². The number of hydrogen-bond donors (Lipinski definition) is 3. The average Bonchev–Trinajstić information content (AvgIpc) is 2.79. The van der Waals surface area contributed by atoms with Crippen LogP contribution in [0.15, 0.2) is 36.5 Å². The van der Waals surface area contributed by atoms with Gasteiger partial charge in [0.05, 0.1) is 6.10 Å². The van der Waals surface area contributed by atoms with E-state index in [0.717, 1.165) is 6.42 Å². The zero-order valence-electron chi connectivity index (χ0n) is 20.3. The molecule has 0 aliphatic heterocycles. The van der Waals surface area contributed by atoms with E-state index in [1.807, 2.05) is 12.2 Å². The van der Waals surface area contributed by atoms with E-state index >= 15 is 0 Å². The Morgan fingerprint density at radius 2 is 1.29 bits per heavy atom. The lowest BCUT2D eigenvalue weighted by atomic mass is 9.85. The van der Waals surface area contributed by atoms with Crippen LogP contribution < -0.4 is 0 Å². The Kier molecular flexibility index (Phi) is 18.7. The molecule has 4 nitrogen and oxygen atoms in total. The van der Waals surface area contributed by atoms with Crippen LogP contribution in [0.5, 0.6) is 0 Å². The van der Waals surface area contributed by atoms with Gasteiger partial charge in [-0.3, -0.25) is 4.79 Å². The molecule has 0 saturated heterocycles. The number of hydrogen-bond acceptors (Lipinski definition) is 4. The number of aliphatic hydroxyl groups is 3. The van der Waals surface area contributed by atoms with Crippen molar-refractivity contribution < 1.29 is 20.1 Å². The van der Waals surface area contributed by atoms with Gasteiger partial charge < -0.3 is 15.3 Å². The molecule has 0 heterocycles. The first-order chi connectivity index (χ1) is 14.9. The summed E-state index contributed by atoms with van der Waals surface area (Å²) in [6, 6.07) is 0. The molecule has 180 valence electrons. The maximum Gasteiger partial charge on any atom is 0.189 e. The van der Waals surface area contributed by atoms with Gasteiger partial charge in [-0.05, 0) is 31.8 Å². The molecule has 0 spiro atoms. The van der Waals surface area contributed by atoms with Gasteiger partial charge in [0.15, 0.2) is 11.4 Å². The summed E-state index contributed by atoms with van der Waals surface area (Å²) in [6.45, 7) is 5.56. The van der Waals surface area contributed by atoms with Gasteiger partial charge >= 0.3 is 0 Å². The lowest BCUT2D eigenvalue weighted by Crippen LogP contribution is -2.53. The van der Waals surface area contributed by atoms with Gasteiger partial charge in [0, 0.05) is 0 Å². The molecule has 0 aromatic carbocycles. The normalized spacial score (nSPS) is 16.3. The minimum atomic E-state index is -1.95. The maximum atomic E-state index is 12.3. The first-order valence-electron chi connectivity index (χ1n) is 12.6.